The van der Waals surface area contributed by atoms with Gasteiger partial charge in [-0.2, -0.15) is 9.90 Å². The van der Waals surface area contributed by atoms with Crippen molar-refractivity contribution in [1.29, 1.82) is 0 Å². The quantitative estimate of drug-likeness (QED) is 0.411. The zero-order chi connectivity index (χ0) is 9.94. The third-order valence-electron chi connectivity index (χ3n) is 2.65. The maximum atomic E-state index is 2.33. The molecule has 0 saturated heterocycles. The summed E-state index contributed by atoms with van der Waals surface area (Å²) < 4.78 is 5.04. The van der Waals surface area contributed by atoms with Crippen molar-refractivity contribution in [3.63, 3.8) is 0 Å². The van der Waals surface area contributed by atoms with Crippen LogP contribution in [-0.4, -0.2) is 19.8 Å². The van der Waals surface area contributed by atoms with Crippen LogP contribution in [0.25, 0.3) is 0 Å². The average Bonchev–Trinajstić information content (AvgIpc) is 2.17. The second kappa shape index (κ2) is 14.2. The van der Waals surface area contributed by atoms with Crippen molar-refractivity contribution >= 4 is 29.7 Å². The first-order valence-electron chi connectivity index (χ1n) is 6.18. The van der Waals surface area contributed by atoms with E-state index in [4.69, 9.17) is 0 Å². The van der Waals surface area contributed by atoms with Crippen LogP contribution in [0, 0.1) is 0 Å². The fraction of sp³-hybridized carbons (Fsp3) is 1.00. The molecule has 0 aromatic rings. The Kier molecular flexibility index (Phi) is 17.9. The molecule has 0 fully saturated rings. The molecular weight excluding hydrogens is 294 g/mol. The van der Waals surface area contributed by atoms with E-state index in [1.165, 1.54) is 38.5 Å². The molecule has 0 aromatic carbocycles. The number of hydrogen-bond acceptors (Lipinski definition) is 0. The van der Waals surface area contributed by atoms with Crippen molar-refractivity contribution < 1.29 is 1.43 Å². The van der Waals surface area contributed by atoms with Gasteiger partial charge in [0.15, 0.2) is 0 Å². The monoisotopic (exact) mass is 326 g/mol. The molecule has 0 aromatic heterocycles. The van der Waals surface area contributed by atoms with Gasteiger partial charge in [-0.3, -0.25) is 0 Å². The fourth-order valence-electron chi connectivity index (χ4n) is 1.66. The molecule has 1 radical (unpaired) electrons. The van der Waals surface area contributed by atoms with Crippen LogP contribution in [-0.2, 0) is 0 Å². The van der Waals surface area contributed by atoms with Gasteiger partial charge < -0.3 is 1.43 Å². The van der Waals surface area contributed by atoms with Gasteiger partial charge >= 0.3 is 92.4 Å². The minimum atomic E-state index is -0.839. The van der Waals surface area contributed by atoms with Gasteiger partial charge in [0.05, 0.1) is 0 Å². The maximum absolute atomic E-state index is 2.33. The van der Waals surface area contributed by atoms with Gasteiger partial charge in [0, 0.05) is 0 Å². The molecule has 0 rings (SSSR count). The molecule has 0 aliphatic heterocycles. The molecular formula is C12H31PSn-. The molecule has 0 nitrogen and oxygen atoms in total. The van der Waals surface area contributed by atoms with E-state index < -0.39 is 19.8 Å². The van der Waals surface area contributed by atoms with Crippen molar-refractivity contribution in [1.82, 2.24) is 0 Å². The summed E-state index contributed by atoms with van der Waals surface area (Å²) in [5.74, 6) is 0. The molecule has 1 atom stereocenters. The normalized spacial score (nSPS) is 10.3. The Morgan fingerprint density at radius 2 is 1.00 bits per heavy atom. The van der Waals surface area contributed by atoms with Crippen molar-refractivity contribution in [2.45, 2.75) is 72.6 Å². The molecule has 0 aliphatic rings. The average molecular weight is 325 g/mol. The largest absolute Gasteiger partial charge is 1.00 e. The number of unbranched alkanes of at least 4 members (excludes halogenated alkanes) is 3. The third kappa shape index (κ3) is 11.3. The number of hydrogen-bond donors (Lipinski definition) is 0. The summed E-state index contributed by atoms with van der Waals surface area (Å²) in [6.07, 6.45) is 8.85. The zero-order valence-corrected chi connectivity index (χ0v) is 14.8. The van der Waals surface area contributed by atoms with E-state index in [9.17, 15) is 0 Å². The van der Waals surface area contributed by atoms with Crippen LogP contribution in [0.2, 0.25) is 13.3 Å². The summed E-state index contributed by atoms with van der Waals surface area (Å²) >= 11 is -0.839. The van der Waals surface area contributed by atoms with E-state index in [-0.39, 0.29) is 11.3 Å². The molecule has 0 spiro atoms. The predicted molar refractivity (Wildman–Crippen MR) is 77.1 cm³/mol. The smallest absolute Gasteiger partial charge is 0.153 e. The Hall–Kier alpha value is 1.23. The van der Waals surface area contributed by atoms with Crippen molar-refractivity contribution in [3.05, 3.63) is 0 Å². The van der Waals surface area contributed by atoms with E-state index in [0.717, 1.165) is 0 Å². The molecule has 0 heterocycles. The topological polar surface area (TPSA) is 0 Å². The Balaban J connectivity index is -0.000000720. The summed E-state index contributed by atoms with van der Waals surface area (Å²) in [5, 5.41) is 0. The summed E-state index contributed by atoms with van der Waals surface area (Å²) in [5.41, 5.74) is 0. The van der Waals surface area contributed by atoms with Crippen molar-refractivity contribution in [2.75, 3.05) is 0 Å². The first kappa shape index (κ1) is 17.6. The molecule has 0 N–H and O–H groups in total. The van der Waals surface area contributed by atoms with E-state index in [1.807, 2.05) is 0 Å². The SMILES string of the molecule is CCC[CH2][Sn]([CH2]CCC)[CH2]CCC.P.[H-]. The van der Waals surface area contributed by atoms with Crippen LogP contribution in [0.15, 0.2) is 0 Å². The van der Waals surface area contributed by atoms with Crippen LogP contribution in [0.4, 0.5) is 0 Å². The zero-order valence-electron chi connectivity index (χ0n) is 11.6. The molecule has 0 aliphatic carbocycles. The molecule has 2 heteroatoms. The van der Waals surface area contributed by atoms with E-state index >= 15 is 0 Å². The molecule has 14 heavy (non-hydrogen) atoms. The van der Waals surface area contributed by atoms with Crippen molar-refractivity contribution in [2.24, 2.45) is 0 Å². The summed E-state index contributed by atoms with van der Waals surface area (Å²) in [7, 11) is 0. The van der Waals surface area contributed by atoms with Crippen LogP contribution >= 0.6 is 9.90 Å². The number of rotatable bonds is 9. The van der Waals surface area contributed by atoms with Crippen LogP contribution < -0.4 is 0 Å². The van der Waals surface area contributed by atoms with E-state index in [2.05, 4.69) is 20.8 Å². The van der Waals surface area contributed by atoms with Gasteiger partial charge in [-0.25, -0.2) is 0 Å². The first-order chi connectivity index (χ1) is 6.35. The Morgan fingerprint density at radius 1 is 0.714 bits per heavy atom. The third-order valence-corrected chi connectivity index (χ3v) is 11.7. The predicted octanol–water partition coefficient (Wildman–Crippen LogP) is 5.05. The van der Waals surface area contributed by atoms with Gasteiger partial charge in [-0.15, -0.1) is 0 Å². The van der Waals surface area contributed by atoms with Crippen LogP contribution in [0.1, 0.15) is 60.7 Å². The fourth-order valence-corrected chi connectivity index (χ4v) is 11.1. The molecule has 0 bridgehead atoms. The molecule has 89 valence electrons. The Labute approximate surface area is 103 Å². The van der Waals surface area contributed by atoms with Gasteiger partial charge in [-0.1, -0.05) is 0 Å². The minimum absolute atomic E-state index is 0. The first-order valence-corrected chi connectivity index (χ1v) is 12.2. The van der Waals surface area contributed by atoms with E-state index in [1.54, 1.807) is 13.3 Å². The van der Waals surface area contributed by atoms with Gasteiger partial charge in [-0.05, 0) is 0 Å². The molecule has 0 saturated carbocycles. The van der Waals surface area contributed by atoms with Crippen LogP contribution in [0.5, 0.6) is 0 Å². The molecule has 1 unspecified atom stereocenters. The molecule has 0 amide bonds. The Bertz CT molecular complexity index is 82.6. The summed E-state index contributed by atoms with van der Waals surface area (Å²) in [6.45, 7) is 7.00. The standard InChI is InChI=1S/3C4H9.H3P.Sn.H/c3*1-3-4-2;;;/h3*1,3-4H2,2H3;1H3;;/q;;;;;-1. The minimum Gasteiger partial charge on any atom is -1.00 e. The van der Waals surface area contributed by atoms with Crippen molar-refractivity contribution in [3.8, 4) is 0 Å². The summed E-state index contributed by atoms with van der Waals surface area (Å²) in [6, 6.07) is 0. The van der Waals surface area contributed by atoms with Gasteiger partial charge in [0.1, 0.15) is 0 Å². The van der Waals surface area contributed by atoms with Gasteiger partial charge in [0.2, 0.25) is 0 Å². The van der Waals surface area contributed by atoms with Crippen LogP contribution in [0.3, 0.4) is 0 Å². The second-order valence-electron chi connectivity index (χ2n) is 4.06. The maximum Gasteiger partial charge on any atom is -0.153 e. The second-order valence-corrected chi connectivity index (χ2v) is 12.6. The van der Waals surface area contributed by atoms with Gasteiger partial charge in [0.25, 0.3) is 0 Å². The Morgan fingerprint density at radius 3 is 1.21 bits per heavy atom. The summed E-state index contributed by atoms with van der Waals surface area (Å²) in [4.78, 5) is 0. The van der Waals surface area contributed by atoms with E-state index in [0.29, 0.717) is 0 Å².